The molecule has 9 nitrogen and oxygen atoms in total. The van der Waals surface area contributed by atoms with E-state index in [9.17, 15) is 18.0 Å². The SMILES string of the molecule is CNC(=O)Nc1sc2c(C(C)C)cc(NS(=O)(=O)c3ccco3)cc2c1C(N)=O. The normalized spacial score (nSPS) is 11.6. The first-order valence-electron chi connectivity index (χ1n) is 8.59. The van der Waals surface area contributed by atoms with E-state index in [4.69, 9.17) is 10.2 Å². The molecule has 0 saturated carbocycles. The fraction of sp³-hybridized carbons (Fsp3) is 0.222. The number of furan rings is 1. The third kappa shape index (κ3) is 4.05. The molecule has 3 aromatic rings. The largest absolute Gasteiger partial charge is 0.451 e. The summed E-state index contributed by atoms with van der Waals surface area (Å²) in [5.41, 5.74) is 6.74. The van der Waals surface area contributed by atoms with Crippen LogP contribution in [-0.4, -0.2) is 27.4 Å². The van der Waals surface area contributed by atoms with E-state index in [1.807, 2.05) is 13.8 Å². The summed E-state index contributed by atoms with van der Waals surface area (Å²) in [6.45, 7) is 3.88. The lowest BCUT2D eigenvalue weighted by Crippen LogP contribution is -2.25. The summed E-state index contributed by atoms with van der Waals surface area (Å²) >= 11 is 1.21. The van der Waals surface area contributed by atoms with Crippen LogP contribution in [0.1, 0.15) is 35.7 Å². The lowest BCUT2D eigenvalue weighted by atomic mass is 9.99. The summed E-state index contributed by atoms with van der Waals surface area (Å²) in [5, 5.41) is 5.54. The number of fused-ring (bicyclic) bond motifs is 1. The third-order valence-corrected chi connectivity index (χ3v) is 6.59. The van der Waals surface area contributed by atoms with Crippen molar-refractivity contribution in [2.24, 2.45) is 5.73 Å². The molecule has 0 bridgehead atoms. The molecule has 154 valence electrons. The van der Waals surface area contributed by atoms with Crippen molar-refractivity contribution in [3.05, 3.63) is 41.7 Å². The van der Waals surface area contributed by atoms with Crippen LogP contribution >= 0.6 is 11.3 Å². The molecular formula is C18H20N4O5S2. The number of sulfonamides is 1. The molecule has 0 aliphatic heterocycles. The van der Waals surface area contributed by atoms with Crippen LogP contribution in [0.15, 0.2) is 40.0 Å². The third-order valence-electron chi connectivity index (χ3n) is 4.15. The number of thiophene rings is 1. The molecule has 2 aromatic heterocycles. The first kappa shape index (κ1) is 20.7. The number of anilines is 2. The summed E-state index contributed by atoms with van der Waals surface area (Å²) < 4.78 is 33.2. The van der Waals surface area contributed by atoms with Gasteiger partial charge in [0.05, 0.1) is 11.8 Å². The summed E-state index contributed by atoms with van der Waals surface area (Å²) in [5.74, 6) is -0.721. The number of benzene rings is 1. The van der Waals surface area contributed by atoms with Crippen molar-refractivity contribution in [1.82, 2.24) is 5.32 Å². The molecular weight excluding hydrogens is 416 g/mol. The summed E-state index contributed by atoms with van der Waals surface area (Å²) in [4.78, 5) is 23.9. The number of nitrogens with one attached hydrogen (secondary N) is 3. The van der Waals surface area contributed by atoms with Gasteiger partial charge in [0.15, 0.2) is 0 Å². The Morgan fingerprint density at radius 1 is 1.24 bits per heavy atom. The highest BCUT2D eigenvalue weighted by atomic mass is 32.2. The Balaban J connectivity index is 2.20. The number of carbonyl (C=O) groups is 2. The van der Waals surface area contributed by atoms with Crippen LogP contribution in [0.4, 0.5) is 15.5 Å². The Kier molecular flexibility index (Phi) is 5.53. The van der Waals surface area contributed by atoms with Gasteiger partial charge >= 0.3 is 6.03 Å². The first-order valence-corrected chi connectivity index (χ1v) is 10.9. The monoisotopic (exact) mass is 436 g/mol. The van der Waals surface area contributed by atoms with Crippen LogP contribution in [-0.2, 0) is 10.0 Å². The molecule has 0 aliphatic carbocycles. The van der Waals surface area contributed by atoms with E-state index in [1.54, 1.807) is 6.07 Å². The average molecular weight is 437 g/mol. The second-order valence-electron chi connectivity index (χ2n) is 6.51. The number of rotatable bonds is 6. The number of hydrogen-bond donors (Lipinski definition) is 4. The quantitative estimate of drug-likeness (QED) is 0.469. The van der Waals surface area contributed by atoms with Gasteiger partial charge in [-0.15, -0.1) is 11.3 Å². The van der Waals surface area contributed by atoms with Crippen molar-refractivity contribution in [3.63, 3.8) is 0 Å². The number of nitrogens with two attached hydrogens (primary N) is 1. The Labute approximate surface area is 171 Å². The van der Waals surface area contributed by atoms with Crippen LogP contribution < -0.4 is 21.1 Å². The topological polar surface area (TPSA) is 144 Å². The van der Waals surface area contributed by atoms with E-state index >= 15 is 0 Å². The van der Waals surface area contributed by atoms with Gasteiger partial charge in [-0.05, 0) is 35.7 Å². The Morgan fingerprint density at radius 2 is 1.97 bits per heavy atom. The molecule has 3 rings (SSSR count). The van der Waals surface area contributed by atoms with Crippen molar-refractivity contribution in [2.45, 2.75) is 24.9 Å². The Hall–Kier alpha value is -3.05. The number of hydrogen-bond acceptors (Lipinski definition) is 6. The molecule has 29 heavy (non-hydrogen) atoms. The van der Waals surface area contributed by atoms with Crippen LogP contribution in [0.25, 0.3) is 10.1 Å². The Morgan fingerprint density at radius 3 is 2.52 bits per heavy atom. The molecule has 3 amide bonds. The number of amides is 3. The van der Waals surface area contributed by atoms with Crippen molar-refractivity contribution in [2.75, 3.05) is 17.1 Å². The number of primary amides is 1. The Bertz CT molecular complexity index is 1180. The van der Waals surface area contributed by atoms with Gasteiger partial charge in [-0.3, -0.25) is 14.8 Å². The van der Waals surface area contributed by atoms with E-state index in [0.717, 1.165) is 10.3 Å². The van der Waals surface area contributed by atoms with Crippen LogP contribution in [0.2, 0.25) is 0 Å². The van der Waals surface area contributed by atoms with Gasteiger partial charge in [0.25, 0.3) is 15.9 Å². The fourth-order valence-corrected chi connectivity index (χ4v) is 5.15. The maximum Gasteiger partial charge on any atom is 0.319 e. The molecule has 0 saturated heterocycles. The first-order chi connectivity index (χ1) is 13.6. The minimum absolute atomic E-state index is 0.0118. The van der Waals surface area contributed by atoms with E-state index in [-0.39, 0.29) is 22.3 Å². The zero-order valence-electron chi connectivity index (χ0n) is 15.9. The van der Waals surface area contributed by atoms with Crippen LogP contribution in [0.5, 0.6) is 0 Å². The van der Waals surface area contributed by atoms with E-state index in [1.165, 1.54) is 42.8 Å². The van der Waals surface area contributed by atoms with E-state index in [2.05, 4.69) is 15.4 Å². The molecule has 0 spiro atoms. The van der Waals surface area contributed by atoms with Gasteiger partial charge < -0.3 is 15.5 Å². The molecule has 1 aromatic carbocycles. The van der Waals surface area contributed by atoms with Gasteiger partial charge in [-0.1, -0.05) is 13.8 Å². The van der Waals surface area contributed by atoms with Crippen molar-refractivity contribution in [3.8, 4) is 0 Å². The van der Waals surface area contributed by atoms with Gasteiger partial charge in [0.2, 0.25) is 5.09 Å². The average Bonchev–Trinajstić information content (AvgIpc) is 3.28. The van der Waals surface area contributed by atoms with Gasteiger partial charge in [-0.25, -0.2) is 4.79 Å². The number of urea groups is 1. The van der Waals surface area contributed by atoms with Gasteiger partial charge in [0, 0.05) is 22.8 Å². The van der Waals surface area contributed by atoms with Crippen LogP contribution in [0, 0.1) is 0 Å². The van der Waals surface area contributed by atoms with Crippen LogP contribution in [0.3, 0.4) is 0 Å². The van der Waals surface area contributed by atoms with Gasteiger partial charge in [0.1, 0.15) is 5.00 Å². The maximum atomic E-state index is 12.5. The van der Waals surface area contributed by atoms with E-state index < -0.39 is 22.0 Å². The maximum absolute atomic E-state index is 12.5. The molecule has 0 radical (unpaired) electrons. The second-order valence-corrected chi connectivity index (χ2v) is 9.14. The molecule has 2 heterocycles. The van der Waals surface area contributed by atoms with Crippen molar-refractivity contribution < 1.29 is 22.4 Å². The molecule has 0 aliphatic rings. The minimum atomic E-state index is -3.94. The molecule has 0 unspecified atom stereocenters. The second kappa shape index (κ2) is 7.76. The highest BCUT2D eigenvalue weighted by molar-refractivity contribution is 7.92. The highest BCUT2D eigenvalue weighted by Gasteiger charge is 2.24. The molecule has 0 fully saturated rings. The summed E-state index contributed by atoms with van der Waals surface area (Å²) in [6.07, 6.45) is 1.26. The van der Waals surface area contributed by atoms with E-state index in [0.29, 0.717) is 10.4 Å². The highest BCUT2D eigenvalue weighted by Crippen LogP contribution is 2.41. The predicted octanol–water partition coefficient (Wildman–Crippen LogP) is 3.27. The zero-order valence-corrected chi connectivity index (χ0v) is 17.5. The zero-order chi connectivity index (χ0) is 21.3. The molecule has 0 atom stereocenters. The predicted molar refractivity (Wildman–Crippen MR) is 112 cm³/mol. The smallest absolute Gasteiger partial charge is 0.319 e. The van der Waals surface area contributed by atoms with Crippen molar-refractivity contribution in [1.29, 1.82) is 0 Å². The molecule has 5 N–H and O–H groups in total. The molecule has 11 heteroatoms. The summed E-state index contributed by atoms with van der Waals surface area (Å²) in [6, 6.07) is 5.52. The fourth-order valence-electron chi connectivity index (χ4n) is 2.83. The summed E-state index contributed by atoms with van der Waals surface area (Å²) in [7, 11) is -2.49. The lowest BCUT2D eigenvalue weighted by Gasteiger charge is -2.12. The minimum Gasteiger partial charge on any atom is -0.451 e. The standard InChI is InChI=1S/C18H20N4O5S2/c1-9(2)11-7-10(22-29(25,26)13-5-4-6-27-13)8-12-14(16(19)23)17(28-15(11)12)21-18(24)20-3/h4-9,22H,1-3H3,(H2,19,23)(H2,20,21,24). The van der Waals surface area contributed by atoms with Crippen molar-refractivity contribution >= 4 is 54.1 Å². The number of carbonyl (C=O) groups excluding carboxylic acids is 2. The lowest BCUT2D eigenvalue weighted by molar-refractivity contribution is 0.100. The van der Waals surface area contributed by atoms with Gasteiger partial charge in [-0.2, -0.15) is 8.42 Å².